The fraction of sp³-hybridized carbons (Fsp3) is 0.353. The van der Waals surface area contributed by atoms with E-state index >= 15 is 0 Å². The molecule has 1 aromatic heterocycles. The smallest absolute Gasteiger partial charge is 0.241 e. The van der Waals surface area contributed by atoms with Crippen molar-refractivity contribution in [2.24, 2.45) is 5.92 Å². The third-order valence-electron chi connectivity index (χ3n) is 3.96. The van der Waals surface area contributed by atoms with Gasteiger partial charge in [-0.05, 0) is 23.6 Å². The zero-order valence-electron chi connectivity index (χ0n) is 12.5. The summed E-state index contributed by atoms with van der Waals surface area (Å²) < 4.78 is 0. The minimum Gasteiger partial charge on any atom is -0.324 e. The standard InChI is InChI=1S/C17H20N2OS/c1-11(2)15-17(20)19(3)16(18-15)14-10-9-13(21-14)12-7-5-4-6-8-12/h4-11,15-16,18H,1-3H3. The topological polar surface area (TPSA) is 32.3 Å². The molecule has 0 aliphatic carbocycles. The average molecular weight is 300 g/mol. The second kappa shape index (κ2) is 5.62. The van der Waals surface area contributed by atoms with E-state index in [0.717, 1.165) is 0 Å². The van der Waals surface area contributed by atoms with Crippen LogP contribution in [-0.2, 0) is 4.79 Å². The number of rotatable bonds is 3. The molecular weight excluding hydrogens is 280 g/mol. The van der Waals surface area contributed by atoms with Crippen LogP contribution >= 0.6 is 11.3 Å². The van der Waals surface area contributed by atoms with Gasteiger partial charge in [-0.2, -0.15) is 0 Å². The largest absolute Gasteiger partial charge is 0.324 e. The summed E-state index contributed by atoms with van der Waals surface area (Å²) in [7, 11) is 1.88. The quantitative estimate of drug-likeness (QED) is 0.941. The summed E-state index contributed by atoms with van der Waals surface area (Å²) in [6.07, 6.45) is -0.00707. The van der Waals surface area contributed by atoms with Crippen molar-refractivity contribution in [2.75, 3.05) is 7.05 Å². The van der Waals surface area contributed by atoms with Crippen molar-refractivity contribution < 1.29 is 4.79 Å². The second-order valence-corrected chi connectivity index (χ2v) is 6.92. The normalized spacial score (nSPS) is 22.3. The van der Waals surface area contributed by atoms with Crippen LogP contribution in [0.15, 0.2) is 42.5 Å². The Hall–Kier alpha value is -1.65. The van der Waals surface area contributed by atoms with Gasteiger partial charge < -0.3 is 4.90 Å². The van der Waals surface area contributed by atoms with E-state index in [9.17, 15) is 4.79 Å². The van der Waals surface area contributed by atoms with Crippen molar-refractivity contribution >= 4 is 17.2 Å². The first kappa shape index (κ1) is 14.3. The molecule has 1 aliphatic rings. The van der Waals surface area contributed by atoms with Crippen molar-refractivity contribution in [1.82, 2.24) is 10.2 Å². The predicted octanol–water partition coefficient (Wildman–Crippen LogP) is 3.50. The van der Waals surface area contributed by atoms with Crippen LogP contribution in [0.25, 0.3) is 10.4 Å². The maximum Gasteiger partial charge on any atom is 0.241 e. The van der Waals surface area contributed by atoms with E-state index in [1.165, 1.54) is 15.3 Å². The molecule has 21 heavy (non-hydrogen) atoms. The first-order valence-corrected chi connectivity index (χ1v) is 8.07. The number of carbonyl (C=O) groups is 1. The maximum atomic E-state index is 12.3. The molecule has 1 amide bonds. The predicted molar refractivity (Wildman–Crippen MR) is 87.0 cm³/mol. The highest BCUT2D eigenvalue weighted by Gasteiger charge is 2.39. The van der Waals surface area contributed by atoms with E-state index in [1.807, 2.05) is 30.1 Å². The van der Waals surface area contributed by atoms with E-state index in [1.54, 1.807) is 11.3 Å². The summed E-state index contributed by atoms with van der Waals surface area (Å²) in [5, 5.41) is 3.46. The molecule has 1 aliphatic heterocycles. The first-order chi connectivity index (χ1) is 10.1. The third kappa shape index (κ3) is 2.61. The highest BCUT2D eigenvalue weighted by Crippen LogP contribution is 2.35. The van der Waals surface area contributed by atoms with Gasteiger partial charge in [0.05, 0.1) is 6.04 Å². The van der Waals surface area contributed by atoms with Crippen LogP contribution in [-0.4, -0.2) is 23.9 Å². The van der Waals surface area contributed by atoms with Crippen LogP contribution in [0.4, 0.5) is 0 Å². The first-order valence-electron chi connectivity index (χ1n) is 7.26. The molecule has 1 saturated heterocycles. The summed E-state index contributed by atoms with van der Waals surface area (Å²) in [5.74, 6) is 0.489. The number of amides is 1. The zero-order chi connectivity index (χ0) is 15.0. The van der Waals surface area contributed by atoms with Gasteiger partial charge in [0, 0.05) is 16.8 Å². The molecule has 4 heteroatoms. The van der Waals surface area contributed by atoms with Crippen LogP contribution < -0.4 is 5.32 Å². The van der Waals surface area contributed by atoms with Crippen molar-refractivity contribution in [2.45, 2.75) is 26.1 Å². The fourth-order valence-electron chi connectivity index (χ4n) is 2.71. The molecule has 3 nitrogen and oxygen atoms in total. The van der Waals surface area contributed by atoms with Crippen LogP contribution in [0.1, 0.15) is 24.9 Å². The fourth-order valence-corrected chi connectivity index (χ4v) is 3.83. The molecular formula is C17H20N2OS. The number of nitrogens with one attached hydrogen (secondary N) is 1. The highest BCUT2D eigenvalue weighted by molar-refractivity contribution is 7.15. The lowest BCUT2D eigenvalue weighted by Crippen LogP contribution is -2.33. The number of benzene rings is 1. The Morgan fingerprint density at radius 1 is 1.14 bits per heavy atom. The minimum atomic E-state index is -0.0812. The lowest BCUT2D eigenvalue weighted by atomic mass is 10.1. The number of hydrogen-bond acceptors (Lipinski definition) is 3. The number of carbonyl (C=O) groups excluding carboxylic acids is 1. The van der Waals surface area contributed by atoms with E-state index in [2.05, 4.69) is 43.4 Å². The van der Waals surface area contributed by atoms with Crippen LogP contribution in [0.3, 0.4) is 0 Å². The van der Waals surface area contributed by atoms with Crippen molar-refractivity contribution in [3.8, 4) is 10.4 Å². The Bertz CT molecular complexity index is 635. The number of likely N-dealkylation sites (N-methyl/N-ethyl adjacent to an activating group) is 1. The summed E-state index contributed by atoms with van der Waals surface area (Å²) in [6, 6.07) is 14.5. The second-order valence-electron chi connectivity index (χ2n) is 5.81. The summed E-state index contributed by atoms with van der Waals surface area (Å²) in [6.45, 7) is 4.16. The Morgan fingerprint density at radius 3 is 2.48 bits per heavy atom. The molecule has 110 valence electrons. The SMILES string of the molecule is CC(C)C1NC(c2ccc(-c3ccccc3)s2)N(C)C1=O. The summed E-state index contributed by atoms with van der Waals surface area (Å²) in [4.78, 5) is 16.5. The number of thiophene rings is 1. The van der Waals surface area contributed by atoms with Gasteiger partial charge >= 0.3 is 0 Å². The van der Waals surface area contributed by atoms with Crippen molar-refractivity contribution in [1.29, 1.82) is 0 Å². The maximum absolute atomic E-state index is 12.3. The molecule has 0 spiro atoms. The van der Waals surface area contributed by atoms with E-state index in [-0.39, 0.29) is 18.1 Å². The Labute approximate surface area is 129 Å². The van der Waals surface area contributed by atoms with Crippen LogP contribution in [0.5, 0.6) is 0 Å². The van der Waals surface area contributed by atoms with Gasteiger partial charge in [0.2, 0.25) is 5.91 Å². The van der Waals surface area contributed by atoms with Gasteiger partial charge in [0.15, 0.2) is 0 Å². The molecule has 1 fully saturated rings. The lowest BCUT2D eigenvalue weighted by Gasteiger charge is -2.17. The highest BCUT2D eigenvalue weighted by atomic mass is 32.1. The van der Waals surface area contributed by atoms with Gasteiger partial charge in [-0.3, -0.25) is 10.1 Å². The average Bonchev–Trinajstić information content (AvgIpc) is 3.07. The number of hydrogen-bond donors (Lipinski definition) is 1. The summed E-state index contributed by atoms with van der Waals surface area (Å²) in [5.41, 5.74) is 1.22. The molecule has 0 bridgehead atoms. The molecule has 3 rings (SSSR count). The monoisotopic (exact) mass is 300 g/mol. The van der Waals surface area contributed by atoms with Gasteiger partial charge in [-0.15, -0.1) is 11.3 Å². The summed E-state index contributed by atoms with van der Waals surface area (Å²) >= 11 is 1.75. The Morgan fingerprint density at radius 2 is 1.86 bits per heavy atom. The molecule has 2 atom stereocenters. The Kier molecular flexibility index (Phi) is 3.83. The molecule has 0 saturated carbocycles. The third-order valence-corrected chi connectivity index (χ3v) is 5.15. The molecule has 1 aromatic carbocycles. The molecule has 0 radical (unpaired) electrons. The van der Waals surface area contributed by atoms with E-state index < -0.39 is 0 Å². The number of nitrogens with zero attached hydrogens (tertiary/aromatic N) is 1. The van der Waals surface area contributed by atoms with Gasteiger partial charge in [-0.1, -0.05) is 44.2 Å². The van der Waals surface area contributed by atoms with Crippen LogP contribution in [0.2, 0.25) is 0 Å². The van der Waals surface area contributed by atoms with E-state index in [4.69, 9.17) is 0 Å². The lowest BCUT2D eigenvalue weighted by molar-refractivity contribution is -0.129. The van der Waals surface area contributed by atoms with E-state index in [0.29, 0.717) is 5.92 Å². The molecule has 1 N–H and O–H groups in total. The zero-order valence-corrected chi connectivity index (χ0v) is 13.4. The minimum absolute atomic E-state index is 0.00707. The molecule has 2 heterocycles. The van der Waals surface area contributed by atoms with Crippen LogP contribution in [0, 0.1) is 5.92 Å². The molecule has 2 aromatic rings. The molecule has 2 unspecified atom stereocenters. The van der Waals surface area contributed by atoms with Gasteiger partial charge in [0.1, 0.15) is 6.17 Å². The Balaban J connectivity index is 1.86. The van der Waals surface area contributed by atoms with Gasteiger partial charge in [0.25, 0.3) is 0 Å². The van der Waals surface area contributed by atoms with Crippen molar-refractivity contribution in [3.63, 3.8) is 0 Å². The van der Waals surface area contributed by atoms with Gasteiger partial charge in [-0.25, -0.2) is 0 Å². The van der Waals surface area contributed by atoms with Crippen molar-refractivity contribution in [3.05, 3.63) is 47.3 Å².